The second-order valence-electron chi connectivity index (χ2n) is 6.67. The first kappa shape index (κ1) is 21.0. The summed E-state index contributed by atoms with van der Waals surface area (Å²) in [6.45, 7) is 2.01. The molecule has 1 heterocycles. The summed E-state index contributed by atoms with van der Waals surface area (Å²) in [7, 11) is 1.35. The van der Waals surface area contributed by atoms with Gasteiger partial charge in [0.25, 0.3) is 5.91 Å². The number of hydrogen-bond donors (Lipinski definition) is 3. The first-order valence-electron chi connectivity index (χ1n) is 9.01. The Labute approximate surface area is 171 Å². The Morgan fingerprint density at radius 3 is 2.53 bits per heavy atom. The van der Waals surface area contributed by atoms with E-state index in [2.05, 4.69) is 21.7 Å². The molecule has 0 unspecified atom stereocenters. The number of carbonyl (C=O) groups excluding carboxylic acids is 1. The Bertz CT molecular complexity index is 1150. The first-order chi connectivity index (χ1) is 14.2. The summed E-state index contributed by atoms with van der Waals surface area (Å²) in [5.74, 6) is -0.845. The largest absolute Gasteiger partial charge is 0.432 e. The van der Waals surface area contributed by atoms with Gasteiger partial charge < -0.3 is 10.6 Å². The van der Waals surface area contributed by atoms with E-state index in [1.54, 1.807) is 24.4 Å². The number of aryl methyl sites for hydroxylation is 1. The zero-order valence-electron chi connectivity index (χ0n) is 16.3. The van der Waals surface area contributed by atoms with Crippen molar-refractivity contribution < 1.29 is 18.0 Å². The van der Waals surface area contributed by atoms with Gasteiger partial charge in [-0.05, 0) is 30.7 Å². The number of halogens is 3. The third-order valence-corrected chi connectivity index (χ3v) is 4.41. The quantitative estimate of drug-likeness (QED) is 0.537. The van der Waals surface area contributed by atoms with Crippen molar-refractivity contribution in [2.75, 3.05) is 7.05 Å². The van der Waals surface area contributed by atoms with Crippen molar-refractivity contribution in [3.8, 4) is 11.1 Å². The van der Waals surface area contributed by atoms with E-state index in [1.807, 2.05) is 31.2 Å². The molecule has 3 aromatic rings. The van der Waals surface area contributed by atoms with Gasteiger partial charge in [-0.15, -0.1) is 0 Å². The van der Waals surface area contributed by atoms with Gasteiger partial charge in [-0.3, -0.25) is 15.2 Å². The van der Waals surface area contributed by atoms with Gasteiger partial charge in [-0.1, -0.05) is 35.9 Å². The van der Waals surface area contributed by atoms with Crippen LogP contribution in [-0.2, 0) is 0 Å². The highest BCUT2D eigenvalue weighted by atomic mass is 19.4. The number of pyridine rings is 1. The van der Waals surface area contributed by atoms with Gasteiger partial charge in [0.2, 0.25) is 0 Å². The van der Waals surface area contributed by atoms with E-state index in [9.17, 15) is 18.0 Å². The lowest BCUT2D eigenvalue weighted by atomic mass is 10.0. The number of allylic oxidation sites excluding steroid dienone is 1. The third kappa shape index (κ3) is 4.83. The normalized spacial score (nSPS) is 12.0. The molecule has 30 heavy (non-hydrogen) atoms. The molecule has 154 valence electrons. The van der Waals surface area contributed by atoms with Crippen molar-refractivity contribution in [1.82, 2.24) is 15.6 Å². The molecule has 0 aliphatic rings. The molecule has 0 atom stereocenters. The average Bonchev–Trinajstić information content (AvgIpc) is 2.71. The van der Waals surface area contributed by atoms with Crippen LogP contribution < -0.4 is 10.6 Å². The number of hydrogen-bond acceptors (Lipinski definition) is 4. The molecule has 3 rings (SSSR count). The van der Waals surface area contributed by atoms with Gasteiger partial charge >= 0.3 is 6.18 Å². The second kappa shape index (κ2) is 8.36. The van der Waals surface area contributed by atoms with E-state index in [0.29, 0.717) is 11.6 Å². The van der Waals surface area contributed by atoms with E-state index in [0.717, 1.165) is 22.1 Å². The number of nitrogens with one attached hydrogen (secondary N) is 3. The lowest BCUT2D eigenvalue weighted by Crippen LogP contribution is -2.32. The highest BCUT2D eigenvalue weighted by molar-refractivity contribution is 6.01. The summed E-state index contributed by atoms with van der Waals surface area (Å²) in [6.07, 6.45) is -2.57. The molecule has 0 spiro atoms. The van der Waals surface area contributed by atoms with Crippen LogP contribution in [0.4, 0.5) is 13.2 Å². The standard InChI is InChI=1S/C22H19F3N4O/c1-13-4-3-5-14(8-13)17-9-15-6-7-16(10-18(15)28-12-17)21(30)29-20(27-2)11-19(26)22(23,24)25/h3-12,26-27H,1-2H3,(H,29,30)/b20-11+,26-19?. The number of fused-ring (bicyclic) bond motifs is 1. The molecule has 1 aromatic heterocycles. The molecule has 1 amide bonds. The Morgan fingerprint density at radius 2 is 1.87 bits per heavy atom. The molecule has 0 aliphatic heterocycles. The molecule has 2 aromatic carbocycles. The van der Waals surface area contributed by atoms with Crippen LogP contribution in [0.5, 0.6) is 0 Å². The summed E-state index contributed by atoms with van der Waals surface area (Å²) in [6, 6.07) is 14.8. The van der Waals surface area contributed by atoms with Crippen LogP contribution in [0, 0.1) is 12.3 Å². The number of benzene rings is 2. The van der Waals surface area contributed by atoms with Crippen molar-refractivity contribution in [1.29, 1.82) is 5.41 Å². The summed E-state index contributed by atoms with van der Waals surface area (Å²) in [4.78, 5) is 16.9. The summed E-state index contributed by atoms with van der Waals surface area (Å²) < 4.78 is 37.6. The maximum atomic E-state index is 12.5. The molecular formula is C22H19F3N4O. The number of nitrogens with zero attached hydrogens (tertiary/aromatic N) is 1. The topological polar surface area (TPSA) is 77.9 Å². The lowest BCUT2D eigenvalue weighted by molar-refractivity contribution is -0.0584. The van der Waals surface area contributed by atoms with Gasteiger partial charge in [0, 0.05) is 35.8 Å². The van der Waals surface area contributed by atoms with Crippen LogP contribution in [0.15, 0.2) is 66.6 Å². The highest BCUT2D eigenvalue weighted by Gasteiger charge is 2.33. The fourth-order valence-corrected chi connectivity index (χ4v) is 2.84. The van der Waals surface area contributed by atoms with Gasteiger partial charge in [0.15, 0.2) is 0 Å². The minimum atomic E-state index is -4.80. The van der Waals surface area contributed by atoms with E-state index < -0.39 is 17.8 Å². The van der Waals surface area contributed by atoms with E-state index >= 15 is 0 Å². The second-order valence-corrected chi connectivity index (χ2v) is 6.67. The third-order valence-electron chi connectivity index (χ3n) is 4.41. The average molecular weight is 412 g/mol. The lowest BCUT2D eigenvalue weighted by Gasteiger charge is -2.11. The molecule has 0 radical (unpaired) electrons. The monoisotopic (exact) mass is 412 g/mol. The Kier molecular flexibility index (Phi) is 5.86. The molecule has 8 heteroatoms. The van der Waals surface area contributed by atoms with Crippen molar-refractivity contribution in [3.63, 3.8) is 0 Å². The molecule has 3 N–H and O–H groups in total. The number of carbonyl (C=O) groups is 1. The van der Waals surface area contributed by atoms with Gasteiger partial charge in [-0.25, -0.2) is 0 Å². The fourth-order valence-electron chi connectivity index (χ4n) is 2.84. The molecule has 0 bridgehead atoms. The molecule has 0 saturated carbocycles. The maximum absolute atomic E-state index is 12.5. The summed E-state index contributed by atoms with van der Waals surface area (Å²) >= 11 is 0. The fraction of sp³-hybridized carbons (Fsp3) is 0.136. The van der Waals surface area contributed by atoms with Crippen LogP contribution in [-0.4, -0.2) is 29.8 Å². The maximum Gasteiger partial charge on any atom is 0.432 e. The summed E-state index contributed by atoms with van der Waals surface area (Å²) in [5, 5.41) is 12.6. The number of rotatable bonds is 5. The van der Waals surface area contributed by atoms with Crippen molar-refractivity contribution in [2.45, 2.75) is 13.1 Å². The predicted molar refractivity (Wildman–Crippen MR) is 110 cm³/mol. The smallest absolute Gasteiger partial charge is 0.375 e. The van der Waals surface area contributed by atoms with Crippen molar-refractivity contribution >= 4 is 22.5 Å². The van der Waals surface area contributed by atoms with Crippen molar-refractivity contribution in [3.05, 3.63) is 77.8 Å². The Balaban J connectivity index is 1.84. The zero-order valence-corrected chi connectivity index (χ0v) is 16.3. The van der Waals surface area contributed by atoms with E-state index in [-0.39, 0.29) is 11.4 Å². The number of alkyl halides is 3. The molecule has 0 fully saturated rings. The minimum absolute atomic E-state index is 0.231. The van der Waals surface area contributed by atoms with Crippen LogP contribution in [0.2, 0.25) is 0 Å². The zero-order chi connectivity index (χ0) is 21.9. The van der Waals surface area contributed by atoms with Gasteiger partial charge in [0.1, 0.15) is 11.5 Å². The molecule has 0 aliphatic carbocycles. The number of amides is 1. The van der Waals surface area contributed by atoms with Gasteiger partial charge in [-0.2, -0.15) is 13.2 Å². The number of aromatic nitrogens is 1. The predicted octanol–water partition coefficient (Wildman–Crippen LogP) is 4.58. The van der Waals surface area contributed by atoms with E-state index in [1.165, 1.54) is 7.05 Å². The Morgan fingerprint density at radius 1 is 1.10 bits per heavy atom. The van der Waals surface area contributed by atoms with Crippen LogP contribution in [0.3, 0.4) is 0 Å². The van der Waals surface area contributed by atoms with E-state index in [4.69, 9.17) is 5.41 Å². The minimum Gasteiger partial charge on any atom is -0.375 e. The van der Waals surface area contributed by atoms with Crippen LogP contribution in [0.25, 0.3) is 22.0 Å². The van der Waals surface area contributed by atoms with Crippen LogP contribution >= 0.6 is 0 Å². The highest BCUT2D eigenvalue weighted by Crippen LogP contribution is 2.24. The summed E-state index contributed by atoms with van der Waals surface area (Å²) in [5.41, 5.74) is 2.34. The molecule has 5 nitrogen and oxygen atoms in total. The molecular weight excluding hydrogens is 393 g/mol. The SMILES string of the molecule is CN/C(=C\C(=N)C(F)(F)F)NC(=O)c1ccc2cc(-c3cccc(C)c3)cnc2c1. The van der Waals surface area contributed by atoms with Crippen LogP contribution in [0.1, 0.15) is 15.9 Å². The first-order valence-corrected chi connectivity index (χ1v) is 9.01. The molecule has 0 saturated heterocycles. The van der Waals surface area contributed by atoms with Gasteiger partial charge in [0.05, 0.1) is 5.52 Å². The van der Waals surface area contributed by atoms with Crippen molar-refractivity contribution in [2.24, 2.45) is 0 Å². The Hall–Kier alpha value is -3.68.